The van der Waals surface area contributed by atoms with Crippen LogP contribution in [-0.4, -0.2) is 40.0 Å². The zero-order valence-corrected chi connectivity index (χ0v) is 16.9. The quantitative estimate of drug-likeness (QED) is 0.408. The van der Waals surface area contributed by atoms with Gasteiger partial charge >= 0.3 is 0 Å². The van der Waals surface area contributed by atoms with E-state index < -0.39 is 0 Å². The molecule has 0 spiro atoms. The first-order chi connectivity index (χ1) is 11.7. The molecule has 1 aliphatic heterocycles. The van der Waals surface area contributed by atoms with Crippen LogP contribution in [0.3, 0.4) is 0 Å². The molecule has 7 nitrogen and oxygen atoms in total. The molecule has 0 radical (unpaired) electrons. The van der Waals surface area contributed by atoms with Gasteiger partial charge in [0.05, 0.1) is 25.7 Å². The monoisotopic (exact) mass is 456 g/mol. The van der Waals surface area contributed by atoms with Gasteiger partial charge < -0.3 is 19.9 Å². The Hall–Kier alpha value is -1.68. The van der Waals surface area contributed by atoms with Gasteiger partial charge in [-0.1, -0.05) is 30.3 Å². The summed E-state index contributed by atoms with van der Waals surface area (Å²) in [6, 6.07) is 10.5. The van der Waals surface area contributed by atoms with Crippen LogP contribution in [0.25, 0.3) is 0 Å². The minimum Gasteiger partial charge on any atom is -0.379 e. The molecule has 0 amide bonds. The van der Waals surface area contributed by atoms with E-state index in [1.807, 2.05) is 36.7 Å². The van der Waals surface area contributed by atoms with Crippen molar-refractivity contribution in [1.29, 1.82) is 0 Å². The highest BCUT2D eigenvalue weighted by Crippen LogP contribution is 2.05. The molecule has 8 heteroatoms. The fourth-order valence-electron chi connectivity index (χ4n) is 2.52. The average Bonchev–Trinajstić information content (AvgIpc) is 3.22. The van der Waals surface area contributed by atoms with Gasteiger partial charge in [-0.2, -0.15) is 0 Å². The van der Waals surface area contributed by atoms with Crippen molar-refractivity contribution >= 4 is 29.9 Å². The maximum Gasteiger partial charge on any atom is 0.192 e. The van der Waals surface area contributed by atoms with Crippen LogP contribution in [0, 0.1) is 6.92 Å². The van der Waals surface area contributed by atoms with Crippen LogP contribution in [0.15, 0.2) is 35.3 Å². The predicted octanol–water partition coefficient (Wildman–Crippen LogP) is 1.77. The second-order valence-corrected chi connectivity index (χ2v) is 5.93. The number of hydrogen-bond acceptors (Lipinski definition) is 4. The maximum atomic E-state index is 5.43. The van der Waals surface area contributed by atoms with Crippen LogP contribution in [0.1, 0.15) is 23.6 Å². The molecule has 1 unspecified atom stereocenters. The molecule has 25 heavy (non-hydrogen) atoms. The maximum absolute atomic E-state index is 5.43. The van der Waals surface area contributed by atoms with Gasteiger partial charge in [0.2, 0.25) is 0 Å². The van der Waals surface area contributed by atoms with Gasteiger partial charge in [-0.05, 0) is 18.9 Å². The van der Waals surface area contributed by atoms with Crippen molar-refractivity contribution < 1.29 is 4.74 Å². The first kappa shape index (κ1) is 19.6. The van der Waals surface area contributed by atoms with Gasteiger partial charge in [-0.15, -0.1) is 34.2 Å². The lowest BCUT2D eigenvalue weighted by Gasteiger charge is -2.16. The van der Waals surface area contributed by atoms with E-state index >= 15 is 0 Å². The summed E-state index contributed by atoms with van der Waals surface area (Å²) in [5.74, 6) is 2.55. The molecule has 0 bridgehead atoms. The van der Waals surface area contributed by atoms with Crippen LogP contribution in [0.2, 0.25) is 0 Å². The highest BCUT2D eigenvalue weighted by Gasteiger charge is 2.17. The lowest BCUT2D eigenvalue weighted by atomic mass is 10.2. The second-order valence-electron chi connectivity index (χ2n) is 5.93. The molecule has 1 aromatic heterocycles. The Kier molecular flexibility index (Phi) is 7.63. The number of aryl methyl sites for hydroxylation is 1. The number of ether oxygens (including phenoxy) is 1. The molecule has 1 fully saturated rings. The van der Waals surface area contributed by atoms with Crippen LogP contribution in [-0.2, 0) is 24.9 Å². The van der Waals surface area contributed by atoms with Crippen molar-refractivity contribution in [3.05, 3.63) is 47.5 Å². The molecular formula is C17H25IN6O. The number of benzene rings is 1. The number of halogens is 1. The van der Waals surface area contributed by atoms with Gasteiger partial charge in [-0.25, -0.2) is 4.99 Å². The Morgan fingerprint density at radius 2 is 2.12 bits per heavy atom. The van der Waals surface area contributed by atoms with E-state index in [1.165, 1.54) is 5.56 Å². The van der Waals surface area contributed by atoms with E-state index in [1.54, 1.807) is 0 Å². The molecule has 1 aliphatic rings. The molecule has 2 aromatic rings. The Morgan fingerprint density at radius 1 is 1.32 bits per heavy atom. The van der Waals surface area contributed by atoms with E-state index in [0.29, 0.717) is 19.1 Å². The molecule has 136 valence electrons. The fourth-order valence-corrected chi connectivity index (χ4v) is 2.52. The van der Waals surface area contributed by atoms with Gasteiger partial charge in [0.25, 0.3) is 0 Å². The Bertz CT molecular complexity index is 682. The summed E-state index contributed by atoms with van der Waals surface area (Å²) >= 11 is 0. The van der Waals surface area contributed by atoms with E-state index in [4.69, 9.17) is 9.73 Å². The zero-order valence-electron chi connectivity index (χ0n) is 14.6. The topological polar surface area (TPSA) is 76.4 Å². The molecule has 2 N–H and O–H groups in total. The molecule has 1 aromatic carbocycles. The van der Waals surface area contributed by atoms with E-state index in [-0.39, 0.29) is 24.0 Å². The highest BCUT2D eigenvalue weighted by atomic mass is 127. The molecule has 0 aliphatic carbocycles. The lowest BCUT2D eigenvalue weighted by Crippen LogP contribution is -2.43. The van der Waals surface area contributed by atoms with E-state index in [2.05, 4.69) is 33.0 Å². The van der Waals surface area contributed by atoms with Gasteiger partial charge in [0, 0.05) is 13.7 Å². The molecule has 2 heterocycles. The number of aromatic nitrogens is 3. The Morgan fingerprint density at radius 3 is 2.76 bits per heavy atom. The summed E-state index contributed by atoms with van der Waals surface area (Å²) in [5.41, 5.74) is 1.18. The Balaban J connectivity index is 0.00000225. The van der Waals surface area contributed by atoms with E-state index in [0.717, 1.165) is 37.2 Å². The van der Waals surface area contributed by atoms with E-state index in [9.17, 15) is 0 Å². The summed E-state index contributed by atoms with van der Waals surface area (Å²) in [5, 5.41) is 15.1. The van der Waals surface area contributed by atoms with Crippen LogP contribution < -0.4 is 10.6 Å². The van der Waals surface area contributed by atoms with Crippen molar-refractivity contribution in [2.45, 2.75) is 32.5 Å². The summed E-state index contributed by atoms with van der Waals surface area (Å²) in [4.78, 5) is 4.69. The fraction of sp³-hybridized carbons (Fsp3) is 0.471. The van der Waals surface area contributed by atoms with Crippen LogP contribution in [0.4, 0.5) is 0 Å². The predicted molar refractivity (Wildman–Crippen MR) is 108 cm³/mol. The highest BCUT2D eigenvalue weighted by molar-refractivity contribution is 14.0. The number of guanidine groups is 1. The summed E-state index contributed by atoms with van der Waals surface area (Å²) in [6.07, 6.45) is 0.995. The minimum atomic E-state index is 0. The largest absolute Gasteiger partial charge is 0.379 e. The number of rotatable bonds is 5. The standard InChI is InChI=1S/C17H24N6O.HI/c1-13-21-22-16(23(13)2)11-19-17(20-15-8-9-24-12-15)18-10-14-6-4-3-5-7-14;/h3-7,15H,8-12H2,1-2H3,(H2,18,19,20);1H. The number of hydrogen-bond donors (Lipinski definition) is 2. The summed E-state index contributed by atoms with van der Waals surface area (Å²) in [7, 11) is 1.96. The lowest BCUT2D eigenvalue weighted by molar-refractivity contribution is 0.192. The van der Waals surface area contributed by atoms with Crippen molar-refractivity contribution in [1.82, 2.24) is 25.4 Å². The normalized spacial score (nSPS) is 17.2. The Labute approximate surface area is 165 Å². The average molecular weight is 456 g/mol. The molecular weight excluding hydrogens is 431 g/mol. The van der Waals surface area contributed by atoms with Gasteiger partial charge in [0.1, 0.15) is 5.82 Å². The van der Waals surface area contributed by atoms with Crippen LogP contribution in [0.5, 0.6) is 0 Å². The smallest absolute Gasteiger partial charge is 0.192 e. The minimum absolute atomic E-state index is 0. The molecule has 1 saturated heterocycles. The molecule has 3 rings (SSSR count). The first-order valence-electron chi connectivity index (χ1n) is 8.24. The van der Waals surface area contributed by atoms with Crippen molar-refractivity contribution in [2.24, 2.45) is 12.0 Å². The van der Waals surface area contributed by atoms with Crippen LogP contribution >= 0.6 is 24.0 Å². The summed E-state index contributed by atoms with van der Waals surface area (Å²) in [6.45, 7) is 4.66. The second kappa shape index (κ2) is 9.71. The van der Waals surface area contributed by atoms with Gasteiger partial charge in [-0.3, -0.25) is 0 Å². The number of nitrogens with one attached hydrogen (secondary N) is 2. The SMILES string of the molecule is Cc1nnc(CNC(=NCc2ccccc2)NC2CCOC2)n1C.I. The molecule has 0 saturated carbocycles. The van der Waals surface area contributed by atoms with Gasteiger partial charge in [0.15, 0.2) is 11.8 Å². The van der Waals surface area contributed by atoms with Crippen molar-refractivity contribution in [2.75, 3.05) is 13.2 Å². The summed E-state index contributed by atoms with van der Waals surface area (Å²) < 4.78 is 7.41. The van der Waals surface area contributed by atoms with Crippen molar-refractivity contribution in [3.63, 3.8) is 0 Å². The third-order valence-electron chi connectivity index (χ3n) is 4.13. The number of aliphatic imine (C=N–C) groups is 1. The first-order valence-corrected chi connectivity index (χ1v) is 8.24. The molecule has 1 atom stereocenters. The van der Waals surface area contributed by atoms with Crippen molar-refractivity contribution in [3.8, 4) is 0 Å². The zero-order chi connectivity index (χ0) is 16.8. The number of nitrogens with zero attached hydrogens (tertiary/aromatic N) is 4. The third kappa shape index (κ3) is 5.67. The third-order valence-corrected chi connectivity index (χ3v) is 4.13.